The fraction of sp³-hybridized carbons (Fsp3) is 0.0714. The number of hydrogen-bond acceptors (Lipinski definition) is 2. The first-order valence-electron chi connectivity index (χ1n) is 5.18. The number of ether oxygens (including phenoxy) is 1. The van der Waals surface area contributed by atoms with Gasteiger partial charge in [-0.05, 0) is 11.6 Å². The zero-order valence-electron chi connectivity index (χ0n) is 9.09. The Kier molecular flexibility index (Phi) is 3.40. The van der Waals surface area contributed by atoms with Crippen LogP contribution in [-0.4, -0.2) is 11.1 Å². The Morgan fingerprint density at radius 2 is 1.94 bits per heavy atom. The first kappa shape index (κ1) is 11.2. The molecule has 0 saturated carbocycles. The average molecular weight is 227 g/mol. The number of carbonyl (C=O) groups is 1. The molecule has 2 aromatic rings. The number of carboxylic acid groups (broad SMARTS) is 1. The Morgan fingerprint density at radius 3 is 2.65 bits per heavy atom. The zero-order valence-corrected chi connectivity index (χ0v) is 9.09. The third kappa shape index (κ3) is 2.84. The molecule has 0 fully saturated rings. The van der Waals surface area contributed by atoms with Crippen LogP contribution in [-0.2, 0) is 6.61 Å². The fourth-order valence-electron chi connectivity index (χ4n) is 1.44. The molecule has 0 unspecified atom stereocenters. The maximum Gasteiger partial charge on any atom is 0.339 e. The van der Waals surface area contributed by atoms with Gasteiger partial charge in [0.15, 0.2) is 0 Å². The number of rotatable bonds is 4. The third-order valence-electron chi connectivity index (χ3n) is 2.27. The highest BCUT2D eigenvalue weighted by atomic mass is 16.5. The molecule has 0 atom stereocenters. The van der Waals surface area contributed by atoms with E-state index in [1.54, 1.807) is 12.1 Å². The number of aromatic carboxylic acids is 1. The predicted octanol–water partition coefficient (Wildman–Crippen LogP) is 2.76. The third-order valence-corrected chi connectivity index (χ3v) is 2.27. The van der Waals surface area contributed by atoms with Crippen LogP contribution in [0.4, 0.5) is 0 Å². The molecule has 0 aliphatic rings. The highest BCUT2D eigenvalue weighted by Crippen LogP contribution is 2.18. The molecule has 85 valence electrons. The van der Waals surface area contributed by atoms with Gasteiger partial charge in [-0.2, -0.15) is 0 Å². The topological polar surface area (TPSA) is 46.5 Å². The molecule has 1 N–H and O–H groups in total. The van der Waals surface area contributed by atoms with Crippen LogP contribution in [0, 0.1) is 6.07 Å². The minimum Gasteiger partial charge on any atom is -0.487 e. The van der Waals surface area contributed by atoms with E-state index >= 15 is 0 Å². The predicted molar refractivity (Wildman–Crippen MR) is 63.0 cm³/mol. The normalized spacial score (nSPS) is 9.88. The fourth-order valence-corrected chi connectivity index (χ4v) is 1.44. The lowest BCUT2D eigenvalue weighted by atomic mass is 10.2. The molecule has 0 saturated heterocycles. The second-order valence-corrected chi connectivity index (χ2v) is 3.49. The monoisotopic (exact) mass is 227 g/mol. The maximum absolute atomic E-state index is 10.9. The molecule has 2 rings (SSSR count). The second kappa shape index (κ2) is 5.16. The van der Waals surface area contributed by atoms with Gasteiger partial charge in [0.05, 0.1) is 0 Å². The van der Waals surface area contributed by atoms with E-state index < -0.39 is 5.97 Å². The largest absolute Gasteiger partial charge is 0.487 e. The van der Waals surface area contributed by atoms with Crippen molar-refractivity contribution in [3.63, 3.8) is 0 Å². The van der Waals surface area contributed by atoms with Crippen molar-refractivity contribution in [2.45, 2.75) is 6.61 Å². The van der Waals surface area contributed by atoms with E-state index in [9.17, 15) is 4.79 Å². The Morgan fingerprint density at radius 1 is 1.18 bits per heavy atom. The van der Waals surface area contributed by atoms with Crippen molar-refractivity contribution in [1.29, 1.82) is 0 Å². The Bertz CT molecular complexity index is 506. The summed E-state index contributed by atoms with van der Waals surface area (Å²) < 4.78 is 5.45. The Balaban J connectivity index is 2.12. The number of carboxylic acids is 1. The van der Waals surface area contributed by atoms with Gasteiger partial charge in [-0.15, -0.1) is 0 Å². The molecule has 1 radical (unpaired) electrons. The van der Waals surface area contributed by atoms with Crippen molar-refractivity contribution >= 4 is 5.97 Å². The van der Waals surface area contributed by atoms with Crippen LogP contribution >= 0.6 is 0 Å². The van der Waals surface area contributed by atoms with Gasteiger partial charge in [0.1, 0.15) is 17.9 Å². The Hall–Kier alpha value is -2.29. The van der Waals surface area contributed by atoms with Crippen LogP contribution in [0.1, 0.15) is 15.9 Å². The van der Waals surface area contributed by atoms with Crippen LogP contribution in [0.5, 0.6) is 5.75 Å². The lowest BCUT2D eigenvalue weighted by Gasteiger charge is -2.08. The summed E-state index contributed by atoms with van der Waals surface area (Å²) in [5.74, 6) is -0.742. The molecular formula is C14H11O3. The average Bonchev–Trinajstić information content (AvgIpc) is 2.38. The molecule has 2 aromatic carbocycles. The molecule has 0 aromatic heterocycles. The smallest absolute Gasteiger partial charge is 0.339 e. The molecule has 0 heterocycles. The van der Waals surface area contributed by atoms with Gasteiger partial charge in [0.25, 0.3) is 0 Å². The summed E-state index contributed by atoms with van der Waals surface area (Å²) in [4.78, 5) is 10.9. The molecule has 3 nitrogen and oxygen atoms in total. The van der Waals surface area contributed by atoms with Crippen LogP contribution in [0.3, 0.4) is 0 Å². The molecule has 0 bridgehead atoms. The number of benzene rings is 2. The van der Waals surface area contributed by atoms with Gasteiger partial charge < -0.3 is 9.84 Å². The van der Waals surface area contributed by atoms with Gasteiger partial charge in [0, 0.05) is 6.07 Å². The maximum atomic E-state index is 10.9. The summed E-state index contributed by atoms with van der Waals surface area (Å²) in [6, 6.07) is 17.1. The van der Waals surface area contributed by atoms with Crippen LogP contribution in [0.2, 0.25) is 0 Å². The van der Waals surface area contributed by atoms with Crippen molar-refractivity contribution in [3.05, 3.63) is 65.7 Å². The van der Waals surface area contributed by atoms with E-state index in [1.807, 2.05) is 30.3 Å². The van der Waals surface area contributed by atoms with Crippen molar-refractivity contribution in [2.24, 2.45) is 0 Å². The molecule has 0 amide bonds. The molecular weight excluding hydrogens is 216 g/mol. The lowest BCUT2D eigenvalue weighted by molar-refractivity contribution is 0.0691. The molecule has 17 heavy (non-hydrogen) atoms. The summed E-state index contributed by atoms with van der Waals surface area (Å²) in [6.45, 7) is 0.335. The van der Waals surface area contributed by atoms with E-state index in [1.165, 1.54) is 6.07 Å². The van der Waals surface area contributed by atoms with Crippen molar-refractivity contribution < 1.29 is 14.6 Å². The zero-order chi connectivity index (χ0) is 12.1. The lowest BCUT2D eigenvalue weighted by Crippen LogP contribution is -2.03. The van der Waals surface area contributed by atoms with Crippen molar-refractivity contribution in [1.82, 2.24) is 0 Å². The summed E-state index contributed by atoms with van der Waals surface area (Å²) >= 11 is 0. The SMILES string of the molecule is O=C(O)c1ccc[c]c1OCc1ccccc1. The summed E-state index contributed by atoms with van der Waals surface area (Å²) in [5, 5.41) is 8.96. The van der Waals surface area contributed by atoms with Gasteiger partial charge in [-0.3, -0.25) is 0 Å². The van der Waals surface area contributed by atoms with Crippen molar-refractivity contribution in [3.8, 4) is 5.75 Å². The van der Waals surface area contributed by atoms with Crippen LogP contribution in [0.15, 0.2) is 48.5 Å². The standard InChI is InChI=1S/C14H11O3/c15-14(16)12-8-4-5-9-13(12)17-10-11-6-2-1-3-7-11/h1-8H,10H2,(H,15,16). The van der Waals surface area contributed by atoms with E-state index in [4.69, 9.17) is 9.84 Å². The van der Waals surface area contributed by atoms with E-state index in [-0.39, 0.29) is 11.3 Å². The molecule has 0 aliphatic heterocycles. The summed E-state index contributed by atoms with van der Waals surface area (Å²) in [5.41, 5.74) is 1.12. The second-order valence-electron chi connectivity index (χ2n) is 3.49. The Labute approximate surface area is 99.3 Å². The van der Waals surface area contributed by atoms with Gasteiger partial charge in [-0.1, -0.05) is 42.5 Å². The quantitative estimate of drug-likeness (QED) is 0.873. The van der Waals surface area contributed by atoms with Crippen LogP contribution in [0.25, 0.3) is 0 Å². The highest BCUT2D eigenvalue weighted by Gasteiger charge is 2.10. The minimum atomic E-state index is -1.01. The number of para-hydroxylation sites is 1. The van der Waals surface area contributed by atoms with E-state index in [0.717, 1.165) is 5.56 Å². The van der Waals surface area contributed by atoms with Gasteiger partial charge in [-0.25, -0.2) is 4.79 Å². The highest BCUT2D eigenvalue weighted by molar-refractivity contribution is 5.90. The number of hydrogen-bond donors (Lipinski definition) is 1. The molecule has 3 heteroatoms. The summed E-state index contributed by atoms with van der Waals surface area (Å²) in [6.07, 6.45) is 0. The molecule has 0 aliphatic carbocycles. The van der Waals surface area contributed by atoms with E-state index in [2.05, 4.69) is 6.07 Å². The van der Waals surface area contributed by atoms with E-state index in [0.29, 0.717) is 6.61 Å². The first-order valence-corrected chi connectivity index (χ1v) is 5.18. The minimum absolute atomic E-state index is 0.128. The first-order chi connectivity index (χ1) is 8.27. The van der Waals surface area contributed by atoms with Gasteiger partial charge in [0.2, 0.25) is 0 Å². The van der Waals surface area contributed by atoms with Crippen molar-refractivity contribution in [2.75, 3.05) is 0 Å². The molecule has 0 spiro atoms. The van der Waals surface area contributed by atoms with Crippen LogP contribution < -0.4 is 4.74 Å². The van der Waals surface area contributed by atoms with Gasteiger partial charge >= 0.3 is 5.97 Å². The summed E-state index contributed by atoms with van der Waals surface area (Å²) in [7, 11) is 0.